The number of nitrogens with zero attached hydrogens (tertiary/aromatic N) is 1. The molecule has 5 heteroatoms. The number of piperidine rings is 1. The summed E-state index contributed by atoms with van der Waals surface area (Å²) >= 11 is 0. The number of hydrogen-bond donors (Lipinski definition) is 2. The number of nitrogens with one attached hydrogen (secondary N) is 2. The van der Waals surface area contributed by atoms with Gasteiger partial charge in [0.1, 0.15) is 5.54 Å². The van der Waals surface area contributed by atoms with Crippen LogP contribution in [0.25, 0.3) is 0 Å². The predicted molar refractivity (Wildman–Crippen MR) is 40.5 cm³/mol. The van der Waals surface area contributed by atoms with E-state index in [0.717, 1.165) is 13.1 Å². The average Bonchev–Trinajstić information content (AvgIpc) is 2.29. The summed E-state index contributed by atoms with van der Waals surface area (Å²) in [4.78, 5) is 22.1. The fourth-order valence-corrected chi connectivity index (χ4v) is 1.68. The van der Waals surface area contributed by atoms with Gasteiger partial charge >= 0.3 is 6.03 Å². The van der Waals surface area contributed by atoms with Crippen LogP contribution >= 0.6 is 0 Å². The van der Waals surface area contributed by atoms with Gasteiger partial charge in [-0.05, 0) is 25.9 Å². The van der Waals surface area contributed by atoms with Gasteiger partial charge in [0.15, 0.2) is 0 Å². The molecule has 2 N–H and O–H groups in total. The van der Waals surface area contributed by atoms with Crippen LogP contribution in [-0.2, 0) is 4.79 Å². The van der Waals surface area contributed by atoms with E-state index in [0.29, 0.717) is 12.8 Å². The van der Waals surface area contributed by atoms with Crippen molar-refractivity contribution in [1.82, 2.24) is 16.0 Å². The monoisotopic (exact) mass is 168 g/mol. The normalized spacial score (nSPS) is 27.0. The summed E-state index contributed by atoms with van der Waals surface area (Å²) in [6, 6.07) is -0.484. The van der Waals surface area contributed by atoms with E-state index in [1.165, 1.54) is 0 Å². The lowest BCUT2D eigenvalue weighted by Crippen LogP contribution is -2.53. The van der Waals surface area contributed by atoms with E-state index in [-0.39, 0.29) is 5.91 Å². The predicted octanol–water partition coefficient (Wildman–Crippen LogP) is -1.04. The van der Waals surface area contributed by atoms with Gasteiger partial charge in [-0.25, -0.2) is 4.79 Å². The molecule has 1 radical (unpaired) electrons. The van der Waals surface area contributed by atoms with E-state index in [1.54, 1.807) is 0 Å². The number of imide groups is 1. The highest BCUT2D eigenvalue weighted by Crippen LogP contribution is 2.22. The van der Waals surface area contributed by atoms with Crippen molar-refractivity contribution in [3.8, 4) is 0 Å². The molecule has 0 aromatic carbocycles. The lowest BCUT2D eigenvalue weighted by Gasteiger charge is -2.29. The zero-order chi connectivity index (χ0) is 8.60. The van der Waals surface area contributed by atoms with Crippen LogP contribution in [-0.4, -0.2) is 30.6 Å². The maximum atomic E-state index is 11.3. The van der Waals surface area contributed by atoms with Crippen LogP contribution in [0, 0.1) is 0 Å². The van der Waals surface area contributed by atoms with Crippen LogP contribution < -0.4 is 16.0 Å². The summed E-state index contributed by atoms with van der Waals surface area (Å²) in [7, 11) is 0. The Morgan fingerprint density at radius 2 is 1.92 bits per heavy atom. The van der Waals surface area contributed by atoms with Crippen LogP contribution in [0.3, 0.4) is 0 Å². The van der Waals surface area contributed by atoms with E-state index in [2.05, 4.69) is 16.0 Å². The van der Waals surface area contributed by atoms with Crippen LogP contribution in [0.1, 0.15) is 12.8 Å². The number of amides is 3. The molecular weight excluding hydrogens is 158 g/mol. The number of urea groups is 1. The van der Waals surface area contributed by atoms with E-state index in [1.807, 2.05) is 0 Å². The van der Waals surface area contributed by atoms with Crippen molar-refractivity contribution < 1.29 is 9.59 Å². The molecule has 65 valence electrons. The maximum Gasteiger partial charge on any atom is 0.345 e. The first kappa shape index (κ1) is 7.54. The smallest absolute Gasteiger partial charge is 0.321 e. The molecule has 3 amide bonds. The van der Waals surface area contributed by atoms with Crippen molar-refractivity contribution in [1.29, 1.82) is 0 Å². The van der Waals surface area contributed by atoms with Crippen LogP contribution in [0.15, 0.2) is 0 Å². The first-order valence-corrected chi connectivity index (χ1v) is 4.02. The third-order valence-corrected chi connectivity index (χ3v) is 2.42. The lowest BCUT2D eigenvalue weighted by atomic mass is 9.89. The molecule has 2 fully saturated rings. The first-order chi connectivity index (χ1) is 5.73. The standard InChI is InChI=1S/C7H10N3O2/c11-5-7(10-6(12)9-5)1-3-8-4-2-7/h8H,1-4H2,(H,10,12). The van der Waals surface area contributed by atoms with Crippen molar-refractivity contribution in [2.75, 3.05) is 13.1 Å². The topological polar surface area (TPSA) is 72.3 Å². The average molecular weight is 168 g/mol. The highest BCUT2D eigenvalue weighted by atomic mass is 16.2. The van der Waals surface area contributed by atoms with Crippen LogP contribution in [0.2, 0.25) is 0 Å². The molecule has 12 heavy (non-hydrogen) atoms. The molecular formula is C7H10N3O2. The zero-order valence-electron chi connectivity index (χ0n) is 6.59. The Morgan fingerprint density at radius 3 is 2.42 bits per heavy atom. The highest BCUT2D eigenvalue weighted by molar-refractivity contribution is 6.06. The molecule has 2 rings (SSSR count). The molecule has 0 aromatic rings. The fraction of sp³-hybridized carbons (Fsp3) is 0.714. The van der Waals surface area contributed by atoms with Crippen molar-refractivity contribution in [2.45, 2.75) is 18.4 Å². The van der Waals surface area contributed by atoms with E-state index in [4.69, 9.17) is 0 Å². The van der Waals surface area contributed by atoms with Gasteiger partial charge in [0, 0.05) is 0 Å². The van der Waals surface area contributed by atoms with Gasteiger partial charge in [-0.1, -0.05) is 0 Å². The number of carbonyl (C=O) groups is 2. The molecule has 0 aliphatic carbocycles. The second-order valence-electron chi connectivity index (χ2n) is 3.18. The van der Waals surface area contributed by atoms with E-state index < -0.39 is 11.6 Å². The molecule has 2 heterocycles. The van der Waals surface area contributed by atoms with Crippen molar-refractivity contribution in [3.63, 3.8) is 0 Å². The van der Waals surface area contributed by atoms with Gasteiger partial charge in [-0.15, -0.1) is 0 Å². The van der Waals surface area contributed by atoms with E-state index >= 15 is 0 Å². The van der Waals surface area contributed by atoms with Gasteiger partial charge in [0.2, 0.25) is 0 Å². The van der Waals surface area contributed by atoms with Crippen molar-refractivity contribution >= 4 is 11.9 Å². The molecule has 0 saturated carbocycles. The second kappa shape index (κ2) is 2.45. The Bertz CT molecular complexity index is 233. The Kier molecular flexibility index (Phi) is 1.54. The van der Waals surface area contributed by atoms with Crippen molar-refractivity contribution in [3.05, 3.63) is 0 Å². The molecule has 5 nitrogen and oxygen atoms in total. The van der Waals surface area contributed by atoms with Gasteiger partial charge in [-0.2, -0.15) is 5.32 Å². The summed E-state index contributed by atoms with van der Waals surface area (Å²) in [5.74, 6) is -0.297. The Hall–Kier alpha value is -1.10. The lowest BCUT2D eigenvalue weighted by molar-refractivity contribution is -0.125. The highest BCUT2D eigenvalue weighted by Gasteiger charge is 2.47. The van der Waals surface area contributed by atoms with Gasteiger partial charge in [0.05, 0.1) is 0 Å². The quantitative estimate of drug-likeness (QED) is 0.454. The molecule has 1 spiro atoms. The summed E-state index contributed by atoms with van der Waals surface area (Å²) in [6.45, 7) is 1.53. The Labute approximate surface area is 69.9 Å². The minimum absolute atomic E-state index is 0.297. The Morgan fingerprint density at radius 1 is 1.25 bits per heavy atom. The molecule has 2 saturated heterocycles. The third kappa shape index (κ3) is 0.972. The number of rotatable bonds is 0. The number of carbonyl (C=O) groups excluding carboxylic acids is 2. The zero-order valence-corrected chi connectivity index (χ0v) is 6.59. The Balaban J connectivity index is 2.18. The van der Waals surface area contributed by atoms with Gasteiger partial charge < -0.3 is 10.6 Å². The van der Waals surface area contributed by atoms with E-state index in [9.17, 15) is 9.59 Å². The third-order valence-electron chi connectivity index (χ3n) is 2.42. The summed E-state index contributed by atoms with van der Waals surface area (Å²) < 4.78 is 0. The summed E-state index contributed by atoms with van der Waals surface area (Å²) in [5.41, 5.74) is -0.664. The molecule has 0 aromatic heterocycles. The molecule has 2 aliphatic heterocycles. The fourth-order valence-electron chi connectivity index (χ4n) is 1.68. The molecule has 0 atom stereocenters. The first-order valence-electron chi connectivity index (χ1n) is 4.02. The summed E-state index contributed by atoms with van der Waals surface area (Å²) in [5, 5.41) is 9.10. The van der Waals surface area contributed by atoms with Gasteiger partial charge in [-0.3, -0.25) is 4.79 Å². The molecule has 0 unspecified atom stereocenters. The number of hydrogen-bond acceptors (Lipinski definition) is 3. The largest absolute Gasteiger partial charge is 0.345 e. The van der Waals surface area contributed by atoms with Gasteiger partial charge in [0.25, 0.3) is 5.91 Å². The second-order valence-corrected chi connectivity index (χ2v) is 3.18. The summed E-state index contributed by atoms with van der Waals surface area (Å²) in [6.07, 6.45) is 1.31. The maximum absolute atomic E-state index is 11.3. The molecule has 2 aliphatic rings. The minimum atomic E-state index is -0.664. The SMILES string of the molecule is O=C1[N]C(=O)C2(CCNCC2)N1. The van der Waals surface area contributed by atoms with Crippen LogP contribution in [0.4, 0.5) is 4.79 Å². The molecule has 0 bridgehead atoms. The van der Waals surface area contributed by atoms with Crippen molar-refractivity contribution in [2.24, 2.45) is 0 Å². The minimum Gasteiger partial charge on any atom is -0.321 e. The van der Waals surface area contributed by atoms with Crippen LogP contribution in [0.5, 0.6) is 0 Å².